The van der Waals surface area contributed by atoms with Gasteiger partial charge in [0.1, 0.15) is 11.4 Å². The molecule has 2 aliphatic rings. The molecule has 0 radical (unpaired) electrons. The second-order valence-electron chi connectivity index (χ2n) is 8.09. The van der Waals surface area contributed by atoms with Crippen LogP contribution in [0.4, 0.5) is 5.69 Å². The van der Waals surface area contributed by atoms with E-state index in [-0.39, 0.29) is 19.1 Å². The molecule has 10 heteroatoms. The third-order valence-electron chi connectivity index (χ3n) is 5.92. The van der Waals surface area contributed by atoms with Gasteiger partial charge in [-0.1, -0.05) is 11.3 Å². The molecule has 1 saturated heterocycles. The number of carbonyl (C=O) groups is 1. The van der Waals surface area contributed by atoms with E-state index in [4.69, 9.17) is 18.9 Å². The molecule has 178 valence electrons. The van der Waals surface area contributed by atoms with Gasteiger partial charge in [0.2, 0.25) is 6.79 Å². The fourth-order valence-electron chi connectivity index (χ4n) is 4.13. The van der Waals surface area contributed by atoms with Crippen LogP contribution < -0.4 is 14.2 Å². The minimum Gasteiger partial charge on any atom is -0.497 e. The topological polar surface area (TPSA) is 101 Å². The minimum absolute atomic E-state index is 0.277. The normalized spacial score (nSPS) is 15.9. The first-order valence-corrected chi connectivity index (χ1v) is 11.3. The maximum absolute atomic E-state index is 12.5. The molecule has 0 unspecified atom stereocenters. The first kappa shape index (κ1) is 22.0. The van der Waals surface area contributed by atoms with E-state index in [2.05, 4.69) is 26.3 Å². The molecule has 0 atom stereocenters. The second-order valence-corrected chi connectivity index (χ2v) is 8.09. The van der Waals surface area contributed by atoms with Crippen molar-refractivity contribution in [1.82, 2.24) is 14.9 Å². The molecule has 1 aromatic heterocycles. The van der Waals surface area contributed by atoms with E-state index in [0.717, 1.165) is 55.1 Å². The Morgan fingerprint density at radius 1 is 1.09 bits per heavy atom. The molecule has 3 aromatic rings. The molecule has 0 spiro atoms. The number of nitrogens with zero attached hydrogens (tertiary/aromatic N) is 4. The molecule has 1 fully saturated rings. The summed E-state index contributed by atoms with van der Waals surface area (Å²) in [7, 11) is 1.60. The Morgan fingerprint density at radius 2 is 1.91 bits per heavy atom. The van der Waals surface area contributed by atoms with Crippen LogP contribution in [0, 0.1) is 0 Å². The van der Waals surface area contributed by atoms with E-state index in [1.165, 1.54) is 5.56 Å². The van der Waals surface area contributed by atoms with E-state index >= 15 is 0 Å². The fraction of sp³-hybridized carbons (Fsp3) is 0.375. The van der Waals surface area contributed by atoms with Crippen molar-refractivity contribution in [3.8, 4) is 17.2 Å². The van der Waals surface area contributed by atoms with Gasteiger partial charge in [0, 0.05) is 30.5 Å². The maximum atomic E-state index is 12.5. The highest BCUT2D eigenvalue weighted by Gasteiger charge is 2.22. The number of methoxy groups -OCH3 is 1. The number of rotatable bonds is 7. The quantitative estimate of drug-likeness (QED) is 0.417. The Balaban J connectivity index is 1.27. The summed E-state index contributed by atoms with van der Waals surface area (Å²) in [4.78, 5) is 18.0. The van der Waals surface area contributed by atoms with Gasteiger partial charge in [0.05, 0.1) is 26.8 Å². The Hall–Kier alpha value is -3.79. The van der Waals surface area contributed by atoms with Gasteiger partial charge in [-0.3, -0.25) is 9.91 Å². The molecular weight excluding hydrogens is 438 g/mol. The number of benzene rings is 2. The average molecular weight is 466 g/mol. The molecule has 0 saturated carbocycles. The van der Waals surface area contributed by atoms with Crippen molar-refractivity contribution in [2.75, 3.05) is 46.7 Å². The van der Waals surface area contributed by atoms with Crippen molar-refractivity contribution >= 4 is 22.6 Å². The highest BCUT2D eigenvalue weighted by molar-refractivity contribution is 6.05. The third-order valence-corrected chi connectivity index (χ3v) is 5.92. The fourth-order valence-corrected chi connectivity index (χ4v) is 4.13. The van der Waals surface area contributed by atoms with Gasteiger partial charge in [-0.15, -0.1) is 5.11 Å². The zero-order chi connectivity index (χ0) is 23.5. The maximum Gasteiger partial charge on any atom is 0.357 e. The minimum atomic E-state index is -0.458. The Bertz CT molecular complexity index is 1220. The molecule has 0 bridgehead atoms. The van der Waals surface area contributed by atoms with Crippen molar-refractivity contribution in [3.63, 3.8) is 0 Å². The summed E-state index contributed by atoms with van der Waals surface area (Å²) in [6.45, 7) is 6.32. The van der Waals surface area contributed by atoms with Crippen LogP contribution in [-0.4, -0.2) is 67.6 Å². The molecule has 0 amide bonds. The van der Waals surface area contributed by atoms with Crippen molar-refractivity contribution < 1.29 is 23.7 Å². The predicted molar refractivity (Wildman–Crippen MR) is 125 cm³/mol. The van der Waals surface area contributed by atoms with Crippen molar-refractivity contribution in [2.24, 2.45) is 10.3 Å². The largest absolute Gasteiger partial charge is 0.497 e. The number of piperazine rings is 1. The standard InChI is InChI=1S/C24H27N5O5/c1-3-32-24(30)23-22(18-13-17(31-2)5-6-19(18)25-23)26-27-29-10-8-28(9-11-29)14-16-4-7-20-21(12-16)34-15-33-20/h4-7,12-13,25H,3,8-11,14-15H2,1-2H3. The number of hydrogen-bond acceptors (Lipinski definition) is 8. The molecule has 3 heterocycles. The van der Waals surface area contributed by atoms with Crippen molar-refractivity contribution in [1.29, 1.82) is 0 Å². The summed E-state index contributed by atoms with van der Waals surface area (Å²) in [5, 5.41) is 11.6. The lowest BCUT2D eigenvalue weighted by atomic mass is 10.2. The zero-order valence-corrected chi connectivity index (χ0v) is 19.2. The van der Waals surface area contributed by atoms with Gasteiger partial charge in [-0.2, -0.15) is 0 Å². The first-order chi connectivity index (χ1) is 16.6. The summed E-state index contributed by atoms with van der Waals surface area (Å²) in [5.74, 6) is 1.82. The third kappa shape index (κ3) is 4.49. The molecule has 10 nitrogen and oxygen atoms in total. The lowest BCUT2D eigenvalue weighted by Gasteiger charge is -2.32. The van der Waals surface area contributed by atoms with Gasteiger partial charge in [0.25, 0.3) is 0 Å². The van der Waals surface area contributed by atoms with E-state index < -0.39 is 5.97 Å². The van der Waals surface area contributed by atoms with Crippen LogP contribution in [-0.2, 0) is 11.3 Å². The summed E-state index contributed by atoms with van der Waals surface area (Å²) in [5.41, 5.74) is 2.70. The number of hydrogen-bond donors (Lipinski definition) is 1. The van der Waals surface area contributed by atoms with Crippen molar-refractivity contribution in [2.45, 2.75) is 13.5 Å². The summed E-state index contributed by atoms with van der Waals surface area (Å²) in [6.07, 6.45) is 0. The highest BCUT2D eigenvalue weighted by Crippen LogP contribution is 2.35. The zero-order valence-electron chi connectivity index (χ0n) is 19.2. The Labute approximate surface area is 197 Å². The van der Waals surface area contributed by atoms with Crippen LogP contribution in [0.25, 0.3) is 10.9 Å². The van der Waals surface area contributed by atoms with E-state index in [1.54, 1.807) is 14.0 Å². The smallest absolute Gasteiger partial charge is 0.357 e. The number of aromatic amines is 1. The number of fused-ring (bicyclic) bond motifs is 2. The first-order valence-electron chi connectivity index (χ1n) is 11.3. The van der Waals surface area contributed by atoms with Crippen LogP contribution in [0.15, 0.2) is 46.7 Å². The monoisotopic (exact) mass is 465 g/mol. The molecule has 1 N–H and O–H groups in total. The summed E-state index contributed by atoms with van der Waals surface area (Å²) in [6, 6.07) is 11.6. The summed E-state index contributed by atoms with van der Waals surface area (Å²) >= 11 is 0. The molecule has 0 aliphatic carbocycles. The lowest BCUT2D eigenvalue weighted by molar-refractivity contribution is 0.0521. The molecular formula is C24H27N5O5. The molecule has 2 aliphatic heterocycles. The highest BCUT2D eigenvalue weighted by atomic mass is 16.7. The Morgan fingerprint density at radius 3 is 2.71 bits per heavy atom. The number of nitrogens with one attached hydrogen (secondary N) is 1. The van der Waals surface area contributed by atoms with Crippen LogP contribution >= 0.6 is 0 Å². The van der Waals surface area contributed by atoms with Gasteiger partial charge in [-0.25, -0.2) is 4.79 Å². The van der Waals surface area contributed by atoms with Gasteiger partial charge in [-0.05, 0) is 42.8 Å². The van der Waals surface area contributed by atoms with Crippen LogP contribution in [0.1, 0.15) is 23.0 Å². The van der Waals surface area contributed by atoms with Crippen LogP contribution in [0.5, 0.6) is 17.2 Å². The number of H-pyrrole nitrogens is 1. The second kappa shape index (κ2) is 9.60. The van der Waals surface area contributed by atoms with Crippen molar-refractivity contribution in [3.05, 3.63) is 47.7 Å². The number of ether oxygens (including phenoxy) is 4. The molecule has 5 rings (SSSR count). The van der Waals surface area contributed by atoms with Gasteiger partial charge >= 0.3 is 5.97 Å². The Kier molecular flexibility index (Phi) is 6.22. The molecule has 2 aromatic carbocycles. The van der Waals surface area contributed by atoms with Gasteiger partial charge in [0.15, 0.2) is 17.2 Å². The van der Waals surface area contributed by atoms with E-state index in [1.807, 2.05) is 35.3 Å². The number of esters is 1. The van der Waals surface area contributed by atoms with E-state index in [0.29, 0.717) is 11.4 Å². The van der Waals surface area contributed by atoms with Gasteiger partial charge < -0.3 is 23.9 Å². The van der Waals surface area contributed by atoms with Crippen LogP contribution in [0.3, 0.4) is 0 Å². The lowest BCUT2D eigenvalue weighted by Crippen LogP contribution is -2.43. The average Bonchev–Trinajstić information content (AvgIpc) is 3.47. The summed E-state index contributed by atoms with van der Waals surface area (Å²) < 4.78 is 21.4. The molecule has 34 heavy (non-hydrogen) atoms. The SMILES string of the molecule is CCOC(=O)c1[nH]c2ccc(OC)cc2c1N=NN1CCN(Cc2ccc3c(c2)OCO3)CC1. The van der Waals surface area contributed by atoms with E-state index in [9.17, 15) is 4.79 Å². The number of carbonyl (C=O) groups excluding carboxylic acids is 1. The number of aromatic nitrogens is 1. The predicted octanol–water partition coefficient (Wildman–Crippen LogP) is 3.90. The van der Waals surface area contributed by atoms with Crippen LogP contribution in [0.2, 0.25) is 0 Å².